The number of hydrogen-bond acceptors (Lipinski definition) is 2. The van der Waals surface area contributed by atoms with Crippen LogP contribution in [0.2, 0.25) is 0 Å². The molecule has 0 N–H and O–H groups in total. The van der Waals surface area contributed by atoms with Crippen LogP contribution in [-0.2, 0) is 22.9 Å². The van der Waals surface area contributed by atoms with E-state index in [9.17, 15) is 8.42 Å². The van der Waals surface area contributed by atoms with Gasteiger partial charge in [-0.2, -0.15) is 0 Å². The second-order valence-corrected chi connectivity index (χ2v) is 8.67. The second kappa shape index (κ2) is 7.95. The lowest BCUT2D eigenvalue weighted by Gasteiger charge is -2.31. The Morgan fingerprint density at radius 1 is 0.833 bits per heavy atom. The quantitative estimate of drug-likeness (QED) is 0.805. The van der Waals surface area contributed by atoms with Gasteiger partial charge >= 0.3 is 0 Å². The highest BCUT2D eigenvalue weighted by molar-refractivity contribution is 7.89. The van der Waals surface area contributed by atoms with Gasteiger partial charge in [-0.1, -0.05) is 60.7 Å². The second-order valence-electron chi connectivity index (χ2n) is 6.58. The number of hydrogen-bond donors (Lipinski definition) is 0. The van der Waals surface area contributed by atoms with Gasteiger partial charge in [-0.3, -0.25) is 0 Å². The fraction of sp³-hybridized carbons (Fsp3) is 0.400. The molecule has 0 aliphatic carbocycles. The van der Waals surface area contributed by atoms with E-state index in [0.29, 0.717) is 25.4 Å². The lowest BCUT2D eigenvalue weighted by atomic mass is 9.91. The number of sulfonamides is 1. The highest BCUT2D eigenvalue weighted by Gasteiger charge is 2.27. The minimum absolute atomic E-state index is 0.209. The molecule has 1 saturated heterocycles. The van der Waals surface area contributed by atoms with Crippen LogP contribution in [0, 0.1) is 5.92 Å². The molecule has 0 bridgehead atoms. The zero-order valence-corrected chi connectivity index (χ0v) is 14.8. The van der Waals surface area contributed by atoms with Gasteiger partial charge < -0.3 is 0 Å². The maximum Gasteiger partial charge on any atom is 0.214 e. The van der Waals surface area contributed by atoms with Crippen LogP contribution in [0.25, 0.3) is 0 Å². The van der Waals surface area contributed by atoms with Crippen molar-refractivity contribution >= 4 is 10.0 Å². The topological polar surface area (TPSA) is 37.4 Å². The summed E-state index contributed by atoms with van der Waals surface area (Å²) in [4.78, 5) is 0. The molecule has 1 aliphatic rings. The van der Waals surface area contributed by atoms with Crippen molar-refractivity contribution in [1.29, 1.82) is 0 Å². The predicted octanol–water partition coefficient (Wildman–Crippen LogP) is 3.51. The molecular formula is C20H25NO2S. The number of rotatable bonds is 6. The van der Waals surface area contributed by atoms with Crippen LogP contribution in [0.3, 0.4) is 0 Å². The Kier molecular flexibility index (Phi) is 5.69. The number of benzene rings is 2. The van der Waals surface area contributed by atoms with Gasteiger partial charge in [0.15, 0.2) is 0 Å². The van der Waals surface area contributed by atoms with Crippen molar-refractivity contribution in [2.45, 2.75) is 25.7 Å². The van der Waals surface area contributed by atoms with Gasteiger partial charge in [-0.15, -0.1) is 0 Å². The van der Waals surface area contributed by atoms with Gasteiger partial charge in [-0.25, -0.2) is 12.7 Å². The van der Waals surface area contributed by atoms with Crippen molar-refractivity contribution in [1.82, 2.24) is 4.31 Å². The Hall–Kier alpha value is -1.65. The summed E-state index contributed by atoms with van der Waals surface area (Å²) in [6.45, 7) is 1.32. The summed E-state index contributed by atoms with van der Waals surface area (Å²) in [6.07, 6.45) is 3.56. The third-order valence-electron chi connectivity index (χ3n) is 4.83. The molecule has 1 heterocycles. The first-order valence-corrected chi connectivity index (χ1v) is 10.3. The van der Waals surface area contributed by atoms with Crippen LogP contribution >= 0.6 is 0 Å². The smallest absolute Gasteiger partial charge is 0.212 e. The number of aryl methyl sites for hydroxylation is 1. The van der Waals surface area contributed by atoms with E-state index in [0.717, 1.165) is 24.8 Å². The molecular weight excluding hydrogens is 318 g/mol. The summed E-state index contributed by atoms with van der Waals surface area (Å²) in [7, 11) is -3.14. The average Bonchev–Trinajstić information content (AvgIpc) is 2.62. The van der Waals surface area contributed by atoms with Crippen molar-refractivity contribution in [3.63, 3.8) is 0 Å². The average molecular weight is 343 g/mol. The van der Waals surface area contributed by atoms with Crippen molar-refractivity contribution < 1.29 is 8.42 Å². The van der Waals surface area contributed by atoms with Gasteiger partial charge in [0, 0.05) is 13.1 Å². The third kappa shape index (κ3) is 4.68. The summed E-state index contributed by atoms with van der Waals surface area (Å²) < 4.78 is 26.8. The van der Waals surface area contributed by atoms with Gasteiger partial charge in [0.05, 0.1) is 5.75 Å². The summed E-state index contributed by atoms with van der Waals surface area (Å²) in [5, 5.41) is 0. The lowest BCUT2D eigenvalue weighted by Crippen LogP contribution is -2.40. The first-order valence-electron chi connectivity index (χ1n) is 8.69. The first kappa shape index (κ1) is 17.2. The molecule has 3 nitrogen and oxygen atoms in total. The number of nitrogens with zero attached hydrogens (tertiary/aromatic N) is 1. The summed E-state index contributed by atoms with van der Waals surface area (Å²) >= 11 is 0. The molecule has 0 atom stereocenters. The van der Waals surface area contributed by atoms with Gasteiger partial charge in [0.2, 0.25) is 10.0 Å². The molecule has 0 radical (unpaired) electrons. The van der Waals surface area contributed by atoms with Crippen molar-refractivity contribution in [2.24, 2.45) is 5.92 Å². The third-order valence-corrected chi connectivity index (χ3v) is 6.70. The van der Waals surface area contributed by atoms with Crippen LogP contribution in [0.1, 0.15) is 24.0 Å². The van der Waals surface area contributed by atoms with E-state index in [-0.39, 0.29) is 5.75 Å². The maximum atomic E-state index is 12.5. The minimum Gasteiger partial charge on any atom is -0.212 e. The van der Waals surface area contributed by atoms with Crippen LogP contribution in [0.15, 0.2) is 60.7 Å². The van der Waals surface area contributed by atoms with Gasteiger partial charge in [-0.05, 0) is 42.7 Å². The Morgan fingerprint density at radius 2 is 1.38 bits per heavy atom. The lowest BCUT2D eigenvalue weighted by molar-refractivity contribution is 0.273. The molecule has 24 heavy (non-hydrogen) atoms. The molecule has 1 fully saturated rings. The van der Waals surface area contributed by atoms with Crippen molar-refractivity contribution in [3.05, 3.63) is 71.8 Å². The molecule has 0 saturated carbocycles. The standard InChI is InChI=1S/C20H25NO2S/c22-24(23,16-13-18-7-3-1-4-8-18)21-14-11-20(12-15-21)17-19-9-5-2-6-10-19/h1-10,20H,11-17H2. The van der Waals surface area contributed by atoms with E-state index in [1.165, 1.54) is 5.56 Å². The highest BCUT2D eigenvalue weighted by Crippen LogP contribution is 2.23. The highest BCUT2D eigenvalue weighted by atomic mass is 32.2. The summed E-state index contributed by atoms with van der Waals surface area (Å²) in [6, 6.07) is 20.3. The fourth-order valence-corrected chi connectivity index (χ4v) is 4.88. The van der Waals surface area contributed by atoms with Gasteiger partial charge in [0.25, 0.3) is 0 Å². The summed E-state index contributed by atoms with van der Waals surface area (Å²) in [5.41, 5.74) is 2.43. The van der Waals surface area contributed by atoms with E-state index in [1.807, 2.05) is 36.4 Å². The largest absolute Gasteiger partial charge is 0.214 e. The van der Waals surface area contributed by atoms with Crippen LogP contribution in [0.5, 0.6) is 0 Å². The maximum absolute atomic E-state index is 12.5. The molecule has 2 aromatic rings. The van der Waals surface area contributed by atoms with E-state index in [2.05, 4.69) is 24.3 Å². The Labute approximate surface area is 145 Å². The zero-order chi connectivity index (χ0) is 16.8. The Bertz CT molecular complexity index is 721. The SMILES string of the molecule is O=S(=O)(CCc1ccccc1)N1CCC(Cc2ccccc2)CC1. The van der Waals surface area contributed by atoms with Crippen LogP contribution < -0.4 is 0 Å². The van der Waals surface area contributed by atoms with Crippen molar-refractivity contribution in [2.75, 3.05) is 18.8 Å². The molecule has 2 aromatic carbocycles. The van der Waals surface area contributed by atoms with E-state index in [1.54, 1.807) is 4.31 Å². The van der Waals surface area contributed by atoms with E-state index >= 15 is 0 Å². The Morgan fingerprint density at radius 3 is 1.96 bits per heavy atom. The molecule has 0 unspecified atom stereocenters. The number of piperidine rings is 1. The molecule has 1 aliphatic heterocycles. The minimum atomic E-state index is -3.14. The Balaban J connectivity index is 1.50. The van der Waals surface area contributed by atoms with Crippen LogP contribution in [-0.4, -0.2) is 31.6 Å². The van der Waals surface area contributed by atoms with E-state index < -0.39 is 10.0 Å². The monoisotopic (exact) mass is 343 g/mol. The zero-order valence-electron chi connectivity index (χ0n) is 14.0. The molecule has 0 spiro atoms. The normalized spacial score (nSPS) is 17.0. The molecule has 0 aromatic heterocycles. The first-order chi connectivity index (χ1) is 11.6. The molecule has 0 amide bonds. The predicted molar refractivity (Wildman–Crippen MR) is 98.4 cm³/mol. The van der Waals surface area contributed by atoms with Gasteiger partial charge in [0.1, 0.15) is 0 Å². The molecule has 128 valence electrons. The van der Waals surface area contributed by atoms with E-state index in [4.69, 9.17) is 0 Å². The summed E-state index contributed by atoms with van der Waals surface area (Å²) in [5.74, 6) is 0.799. The molecule has 4 heteroatoms. The van der Waals surface area contributed by atoms with Crippen LogP contribution in [0.4, 0.5) is 0 Å². The fourth-order valence-electron chi connectivity index (χ4n) is 3.36. The van der Waals surface area contributed by atoms with Crippen molar-refractivity contribution in [3.8, 4) is 0 Å². The molecule has 3 rings (SSSR count).